The van der Waals surface area contributed by atoms with Gasteiger partial charge in [0.2, 0.25) is 0 Å². The second kappa shape index (κ2) is 5.78. The molecule has 0 aliphatic carbocycles. The normalized spacial score (nSPS) is 10.8. The molecule has 0 spiro atoms. The average Bonchev–Trinajstić information content (AvgIpc) is 2.04. The molecule has 0 bridgehead atoms. The van der Waals surface area contributed by atoms with E-state index in [1.165, 1.54) is 18.5 Å². The molecule has 1 aromatic carbocycles. The van der Waals surface area contributed by atoms with Gasteiger partial charge in [-0.15, -0.1) is 0 Å². The Morgan fingerprint density at radius 1 is 1.07 bits per heavy atom. The molecule has 0 atom stereocenters. The maximum Gasteiger partial charge on any atom is 0.104 e. The van der Waals surface area contributed by atoms with Crippen LogP contribution in [-0.4, -0.2) is 30.6 Å². The van der Waals surface area contributed by atoms with Crippen molar-refractivity contribution in [3.05, 3.63) is 35.9 Å². The van der Waals surface area contributed by atoms with E-state index in [-0.39, 0.29) is 5.48 Å². The Kier molecular flexibility index (Phi) is 5.43. The van der Waals surface area contributed by atoms with Gasteiger partial charge in [0, 0.05) is 5.56 Å². The molecule has 0 unspecified atom stereocenters. The Morgan fingerprint density at radius 2 is 1.64 bits per heavy atom. The third-order valence-electron chi connectivity index (χ3n) is 2.28. The van der Waals surface area contributed by atoms with Gasteiger partial charge in [-0.2, -0.15) is 0 Å². The van der Waals surface area contributed by atoms with Crippen molar-refractivity contribution in [1.82, 2.24) is 0 Å². The number of hydrogen-bond acceptors (Lipinski definition) is 1. The van der Waals surface area contributed by atoms with E-state index in [4.69, 9.17) is 0 Å². The molecule has 0 fully saturated rings. The lowest BCUT2D eigenvalue weighted by Crippen LogP contribution is -2.39. The minimum Gasteiger partial charge on any atom is -0.870 e. The summed E-state index contributed by atoms with van der Waals surface area (Å²) >= 11 is 0. The van der Waals surface area contributed by atoms with E-state index in [0.717, 1.165) is 11.0 Å². The van der Waals surface area contributed by atoms with Crippen LogP contribution in [0, 0.1) is 0 Å². The van der Waals surface area contributed by atoms with E-state index in [1.54, 1.807) is 0 Å². The summed E-state index contributed by atoms with van der Waals surface area (Å²) < 4.78 is 1.08. The second-order valence-corrected chi connectivity index (χ2v) is 4.30. The quantitative estimate of drug-likeness (QED) is 0.679. The maximum absolute atomic E-state index is 2.29. The molecule has 0 saturated carbocycles. The van der Waals surface area contributed by atoms with Gasteiger partial charge in [-0.1, -0.05) is 37.3 Å². The summed E-state index contributed by atoms with van der Waals surface area (Å²) in [5.74, 6) is 0. The van der Waals surface area contributed by atoms with Crippen LogP contribution in [0.4, 0.5) is 0 Å². The molecule has 1 aromatic rings. The van der Waals surface area contributed by atoms with Crippen molar-refractivity contribution in [3.63, 3.8) is 0 Å². The van der Waals surface area contributed by atoms with Crippen molar-refractivity contribution < 1.29 is 9.96 Å². The number of benzene rings is 1. The van der Waals surface area contributed by atoms with Crippen molar-refractivity contribution >= 4 is 0 Å². The van der Waals surface area contributed by atoms with Crippen LogP contribution in [0.5, 0.6) is 0 Å². The highest BCUT2D eigenvalue weighted by Gasteiger charge is 2.13. The van der Waals surface area contributed by atoms with Crippen LogP contribution in [-0.2, 0) is 6.54 Å². The molecule has 0 aliphatic rings. The first-order chi connectivity index (χ1) is 6.14. The number of quaternary nitrogens is 1. The predicted molar refractivity (Wildman–Crippen MR) is 59.3 cm³/mol. The van der Waals surface area contributed by atoms with E-state index >= 15 is 0 Å². The monoisotopic (exact) mass is 195 g/mol. The third-order valence-corrected chi connectivity index (χ3v) is 2.28. The Bertz CT molecular complexity index is 244. The van der Waals surface area contributed by atoms with Crippen molar-refractivity contribution in [2.75, 3.05) is 20.6 Å². The van der Waals surface area contributed by atoms with E-state index in [2.05, 4.69) is 51.4 Å². The number of nitrogens with zero attached hydrogens (tertiary/aromatic N) is 1. The molecule has 0 amide bonds. The molecule has 2 nitrogen and oxygen atoms in total. The van der Waals surface area contributed by atoms with Crippen LogP contribution in [0.2, 0.25) is 0 Å². The third kappa shape index (κ3) is 4.40. The van der Waals surface area contributed by atoms with E-state index in [9.17, 15) is 0 Å². The van der Waals surface area contributed by atoms with Crippen LogP contribution in [0.25, 0.3) is 0 Å². The average molecular weight is 195 g/mol. The van der Waals surface area contributed by atoms with Gasteiger partial charge in [-0.3, -0.25) is 0 Å². The summed E-state index contributed by atoms with van der Waals surface area (Å²) in [6.07, 6.45) is 1.25. The second-order valence-electron chi connectivity index (χ2n) is 4.30. The van der Waals surface area contributed by atoms with Crippen molar-refractivity contribution in [1.29, 1.82) is 0 Å². The molecule has 0 aliphatic heterocycles. The van der Waals surface area contributed by atoms with Gasteiger partial charge in [-0.05, 0) is 6.42 Å². The van der Waals surface area contributed by atoms with E-state index in [1.807, 2.05) is 0 Å². The Balaban J connectivity index is 0.00000169. The van der Waals surface area contributed by atoms with Crippen LogP contribution >= 0.6 is 0 Å². The van der Waals surface area contributed by atoms with E-state index < -0.39 is 0 Å². The first kappa shape index (κ1) is 13.1. The SMILES string of the molecule is CCC[N+](C)(C)Cc1ccccc1.[OH-]. The molecule has 0 radical (unpaired) electrons. The molecule has 1 N–H and O–H groups in total. The number of rotatable bonds is 4. The molecule has 80 valence electrons. The Morgan fingerprint density at radius 3 is 2.14 bits per heavy atom. The van der Waals surface area contributed by atoms with Crippen molar-refractivity contribution in [2.45, 2.75) is 19.9 Å². The topological polar surface area (TPSA) is 30.0 Å². The van der Waals surface area contributed by atoms with Crippen molar-refractivity contribution in [2.24, 2.45) is 0 Å². The molecule has 1 rings (SSSR count). The van der Waals surface area contributed by atoms with Crippen LogP contribution in [0.3, 0.4) is 0 Å². The summed E-state index contributed by atoms with van der Waals surface area (Å²) in [6.45, 7) is 4.62. The molecule has 0 aromatic heterocycles. The Hall–Kier alpha value is -0.860. The van der Waals surface area contributed by atoms with Gasteiger partial charge in [0.25, 0.3) is 0 Å². The van der Waals surface area contributed by atoms with Gasteiger partial charge in [0.15, 0.2) is 0 Å². The van der Waals surface area contributed by atoms with Crippen LogP contribution in [0.1, 0.15) is 18.9 Å². The summed E-state index contributed by atoms with van der Waals surface area (Å²) in [5.41, 5.74) is 1.43. The largest absolute Gasteiger partial charge is 0.870 e. The summed E-state index contributed by atoms with van der Waals surface area (Å²) in [7, 11) is 4.58. The highest BCUT2D eigenvalue weighted by molar-refractivity contribution is 5.13. The van der Waals surface area contributed by atoms with Gasteiger partial charge in [0.1, 0.15) is 6.54 Å². The molecular formula is C12H21NO. The Labute approximate surface area is 87.1 Å². The van der Waals surface area contributed by atoms with E-state index in [0.29, 0.717) is 0 Å². The van der Waals surface area contributed by atoms with Gasteiger partial charge < -0.3 is 9.96 Å². The molecule has 0 saturated heterocycles. The molecule has 2 heteroatoms. The zero-order valence-corrected chi connectivity index (χ0v) is 9.40. The first-order valence-electron chi connectivity index (χ1n) is 5.00. The fraction of sp³-hybridized carbons (Fsp3) is 0.500. The van der Waals surface area contributed by atoms with Crippen LogP contribution in [0.15, 0.2) is 30.3 Å². The lowest BCUT2D eigenvalue weighted by atomic mass is 10.2. The minimum absolute atomic E-state index is 0. The van der Waals surface area contributed by atoms with Gasteiger partial charge in [-0.25, -0.2) is 0 Å². The van der Waals surface area contributed by atoms with Crippen LogP contribution < -0.4 is 0 Å². The summed E-state index contributed by atoms with van der Waals surface area (Å²) in [5, 5.41) is 0. The van der Waals surface area contributed by atoms with Gasteiger partial charge >= 0.3 is 0 Å². The first-order valence-corrected chi connectivity index (χ1v) is 5.00. The predicted octanol–water partition coefficient (Wildman–Crippen LogP) is 2.50. The smallest absolute Gasteiger partial charge is 0.104 e. The molecular weight excluding hydrogens is 174 g/mol. The minimum atomic E-state index is 0. The van der Waals surface area contributed by atoms with Crippen molar-refractivity contribution in [3.8, 4) is 0 Å². The van der Waals surface area contributed by atoms with Gasteiger partial charge in [0.05, 0.1) is 20.6 Å². The lowest BCUT2D eigenvalue weighted by Gasteiger charge is -2.29. The number of hydrogen-bond donors (Lipinski definition) is 0. The standard InChI is InChI=1S/C12H20N.H2O/c1-4-10-13(2,3)11-12-8-6-5-7-9-12;/h5-9H,4,10-11H2,1-3H3;1H2/q+1;/p-1. The maximum atomic E-state index is 2.29. The molecule has 0 heterocycles. The highest BCUT2D eigenvalue weighted by Crippen LogP contribution is 2.09. The zero-order chi connectivity index (χ0) is 9.73. The molecule has 14 heavy (non-hydrogen) atoms. The highest BCUT2D eigenvalue weighted by atomic mass is 16.0. The summed E-state index contributed by atoms with van der Waals surface area (Å²) in [6, 6.07) is 10.7. The zero-order valence-electron chi connectivity index (χ0n) is 9.40. The summed E-state index contributed by atoms with van der Waals surface area (Å²) in [4.78, 5) is 0. The lowest BCUT2D eigenvalue weighted by molar-refractivity contribution is -0.903. The fourth-order valence-electron chi connectivity index (χ4n) is 1.76. The fourth-order valence-corrected chi connectivity index (χ4v) is 1.76.